The average molecular weight is 243 g/mol. The van der Waals surface area contributed by atoms with E-state index >= 15 is 0 Å². The van der Waals surface area contributed by atoms with Crippen molar-refractivity contribution < 1.29 is 0 Å². The predicted octanol–water partition coefficient (Wildman–Crippen LogP) is 4.20. The van der Waals surface area contributed by atoms with Crippen LogP contribution in [0.15, 0.2) is 20.6 Å². The number of rotatable bonds is 2. The largest absolute Gasteiger partial charge is 0.0882 e. The second-order valence-corrected chi connectivity index (χ2v) is 3.84. The molecule has 1 radical (unpaired) electrons. The maximum Gasteiger partial charge on any atom is 0.0361 e. The Balaban J connectivity index is 3.94. The predicted molar refractivity (Wildman–Crippen MR) is 51.4 cm³/mol. The van der Waals surface area contributed by atoms with Crippen molar-refractivity contribution >= 4 is 39.1 Å². The molecule has 0 aliphatic carbocycles. The monoisotopic (exact) mass is 241 g/mol. The Morgan fingerprint density at radius 3 is 2.40 bits per heavy atom. The van der Waals surface area contributed by atoms with E-state index in [0.29, 0.717) is 16.5 Å². The van der Waals surface area contributed by atoms with E-state index in [2.05, 4.69) is 22.9 Å². The molecule has 0 aromatic rings. The SMILES string of the molecule is [CH2]C(Br)=CCC(Cl)=C(C)Cl. The first kappa shape index (κ1) is 10.5. The first-order valence-electron chi connectivity index (χ1n) is 2.72. The second kappa shape index (κ2) is 5.22. The highest BCUT2D eigenvalue weighted by Crippen LogP contribution is 2.18. The van der Waals surface area contributed by atoms with Crippen molar-refractivity contribution in [2.45, 2.75) is 13.3 Å². The average Bonchev–Trinajstić information content (AvgIpc) is 1.82. The molecule has 0 amide bonds. The minimum Gasteiger partial charge on any atom is -0.0882 e. The highest BCUT2D eigenvalue weighted by molar-refractivity contribution is 9.11. The van der Waals surface area contributed by atoms with Crippen LogP contribution in [0.4, 0.5) is 0 Å². The summed E-state index contributed by atoms with van der Waals surface area (Å²) in [7, 11) is 0. The van der Waals surface area contributed by atoms with Gasteiger partial charge < -0.3 is 0 Å². The van der Waals surface area contributed by atoms with Crippen molar-refractivity contribution in [3.8, 4) is 0 Å². The molecule has 0 atom stereocenters. The number of hydrogen-bond donors (Lipinski definition) is 0. The number of hydrogen-bond acceptors (Lipinski definition) is 0. The van der Waals surface area contributed by atoms with Crippen molar-refractivity contribution in [2.75, 3.05) is 0 Å². The highest BCUT2D eigenvalue weighted by atomic mass is 79.9. The van der Waals surface area contributed by atoms with Gasteiger partial charge in [0.05, 0.1) is 0 Å². The molecule has 0 heterocycles. The fourth-order valence-corrected chi connectivity index (χ4v) is 0.657. The molecule has 57 valence electrons. The second-order valence-electron chi connectivity index (χ2n) is 1.79. The van der Waals surface area contributed by atoms with Gasteiger partial charge in [0.25, 0.3) is 0 Å². The molecular formula is C7H8BrCl2. The van der Waals surface area contributed by atoms with Gasteiger partial charge in [-0.2, -0.15) is 0 Å². The summed E-state index contributed by atoms with van der Waals surface area (Å²) in [4.78, 5) is 0. The van der Waals surface area contributed by atoms with Crippen LogP contribution in [0.1, 0.15) is 13.3 Å². The molecule has 0 spiro atoms. The summed E-state index contributed by atoms with van der Waals surface area (Å²) in [6, 6.07) is 0. The van der Waals surface area contributed by atoms with Gasteiger partial charge in [-0.1, -0.05) is 45.2 Å². The third-order valence-electron chi connectivity index (χ3n) is 0.877. The zero-order valence-electron chi connectivity index (χ0n) is 5.63. The lowest BCUT2D eigenvalue weighted by Crippen LogP contribution is -1.71. The van der Waals surface area contributed by atoms with Crippen molar-refractivity contribution in [1.29, 1.82) is 0 Å². The Kier molecular flexibility index (Phi) is 5.51. The van der Waals surface area contributed by atoms with Crippen LogP contribution in [-0.2, 0) is 0 Å². The first-order chi connectivity index (χ1) is 4.54. The summed E-state index contributed by atoms with van der Waals surface area (Å²) in [6.07, 6.45) is 2.50. The third-order valence-corrected chi connectivity index (χ3v) is 1.96. The van der Waals surface area contributed by atoms with Crippen molar-refractivity contribution in [3.05, 3.63) is 27.5 Å². The molecule has 0 aromatic heterocycles. The summed E-state index contributed by atoms with van der Waals surface area (Å²) in [5.74, 6) is 0. The van der Waals surface area contributed by atoms with E-state index in [-0.39, 0.29) is 0 Å². The van der Waals surface area contributed by atoms with Crippen LogP contribution in [0.25, 0.3) is 0 Å². The zero-order chi connectivity index (χ0) is 8.15. The normalized spacial score (nSPS) is 15.1. The van der Waals surface area contributed by atoms with Gasteiger partial charge in [-0.25, -0.2) is 0 Å². The Morgan fingerprint density at radius 1 is 1.60 bits per heavy atom. The maximum atomic E-state index is 5.71. The van der Waals surface area contributed by atoms with Crippen LogP contribution in [0.2, 0.25) is 0 Å². The zero-order valence-corrected chi connectivity index (χ0v) is 8.72. The quantitative estimate of drug-likeness (QED) is 0.681. The van der Waals surface area contributed by atoms with Crippen LogP contribution >= 0.6 is 39.1 Å². The fraction of sp³-hybridized carbons (Fsp3) is 0.286. The van der Waals surface area contributed by atoms with Gasteiger partial charge >= 0.3 is 0 Å². The minimum absolute atomic E-state index is 0.631. The lowest BCUT2D eigenvalue weighted by molar-refractivity contribution is 1.32. The van der Waals surface area contributed by atoms with Gasteiger partial charge in [-0.05, 0) is 18.3 Å². The van der Waals surface area contributed by atoms with E-state index < -0.39 is 0 Å². The molecular weight excluding hydrogens is 235 g/mol. The molecule has 10 heavy (non-hydrogen) atoms. The summed E-state index contributed by atoms with van der Waals surface area (Å²) in [5.41, 5.74) is 0. The van der Waals surface area contributed by atoms with Crippen molar-refractivity contribution in [3.63, 3.8) is 0 Å². The molecule has 3 heteroatoms. The lowest BCUT2D eigenvalue weighted by Gasteiger charge is -1.93. The standard InChI is InChI=1S/C7H8BrCl2/c1-5(8)3-4-7(10)6(2)9/h3H,1,4H2,2H3. The molecule has 0 bridgehead atoms. The smallest absolute Gasteiger partial charge is 0.0361 e. The maximum absolute atomic E-state index is 5.71. The summed E-state index contributed by atoms with van der Waals surface area (Å²) >= 11 is 14.5. The van der Waals surface area contributed by atoms with Crippen LogP contribution in [0.5, 0.6) is 0 Å². The van der Waals surface area contributed by atoms with Gasteiger partial charge in [0.2, 0.25) is 0 Å². The van der Waals surface area contributed by atoms with Gasteiger partial charge in [0.15, 0.2) is 0 Å². The molecule has 0 aliphatic rings. The molecule has 0 fully saturated rings. The molecule has 0 saturated carbocycles. The van der Waals surface area contributed by atoms with E-state index in [1.165, 1.54) is 0 Å². The van der Waals surface area contributed by atoms with Gasteiger partial charge in [0, 0.05) is 16.5 Å². The van der Waals surface area contributed by atoms with Crippen molar-refractivity contribution in [2.24, 2.45) is 0 Å². The molecule has 0 nitrogen and oxygen atoms in total. The molecule has 0 aliphatic heterocycles. The Hall–Kier alpha value is 0.540. The molecule has 0 rings (SSSR count). The van der Waals surface area contributed by atoms with E-state index in [9.17, 15) is 0 Å². The number of allylic oxidation sites excluding steroid dienone is 4. The minimum atomic E-state index is 0.631. The first-order valence-corrected chi connectivity index (χ1v) is 4.27. The van der Waals surface area contributed by atoms with Gasteiger partial charge in [0.1, 0.15) is 0 Å². The number of halogens is 3. The fourth-order valence-electron chi connectivity index (χ4n) is 0.341. The van der Waals surface area contributed by atoms with E-state index in [4.69, 9.17) is 23.2 Å². The highest BCUT2D eigenvalue weighted by Gasteiger charge is 1.93. The third kappa shape index (κ3) is 5.33. The van der Waals surface area contributed by atoms with Gasteiger partial charge in [-0.3, -0.25) is 0 Å². The topological polar surface area (TPSA) is 0 Å². The Morgan fingerprint density at radius 2 is 2.10 bits per heavy atom. The van der Waals surface area contributed by atoms with E-state index in [0.717, 1.165) is 4.48 Å². The van der Waals surface area contributed by atoms with Crippen LogP contribution < -0.4 is 0 Å². The summed E-state index contributed by atoms with van der Waals surface area (Å²) in [5, 5.41) is 1.29. The van der Waals surface area contributed by atoms with E-state index in [1.54, 1.807) is 6.92 Å². The molecule has 0 unspecified atom stereocenters. The Labute approximate surface area is 80.0 Å². The molecule has 0 aromatic carbocycles. The van der Waals surface area contributed by atoms with E-state index in [1.807, 2.05) is 6.08 Å². The van der Waals surface area contributed by atoms with Crippen LogP contribution in [0.3, 0.4) is 0 Å². The van der Waals surface area contributed by atoms with Crippen LogP contribution in [-0.4, -0.2) is 0 Å². The Bertz CT molecular complexity index is 162. The summed E-state index contributed by atoms with van der Waals surface area (Å²) < 4.78 is 0.823. The lowest BCUT2D eigenvalue weighted by atomic mass is 10.3. The van der Waals surface area contributed by atoms with Crippen LogP contribution in [0, 0.1) is 6.92 Å². The summed E-state index contributed by atoms with van der Waals surface area (Å²) in [6.45, 7) is 5.38. The van der Waals surface area contributed by atoms with Crippen molar-refractivity contribution in [1.82, 2.24) is 0 Å². The molecule has 0 saturated heterocycles. The van der Waals surface area contributed by atoms with Gasteiger partial charge in [-0.15, -0.1) is 0 Å². The molecule has 0 N–H and O–H groups in total.